The Bertz CT molecular complexity index is 502. The number of benzene rings is 1. The third-order valence-electron chi connectivity index (χ3n) is 3.03. The van der Waals surface area contributed by atoms with Crippen molar-refractivity contribution in [3.63, 3.8) is 0 Å². The van der Waals surface area contributed by atoms with Crippen molar-refractivity contribution in [1.82, 2.24) is 9.78 Å². The van der Waals surface area contributed by atoms with Crippen LogP contribution in [0, 0.1) is 0 Å². The molecule has 4 nitrogen and oxygen atoms in total. The quantitative estimate of drug-likeness (QED) is 0.876. The van der Waals surface area contributed by atoms with Crippen LogP contribution in [0.15, 0.2) is 30.5 Å². The first-order valence-electron chi connectivity index (χ1n) is 6.11. The van der Waals surface area contributed by atoms with Crippen LogP contribution in [0.25, 0.3) is 11.3 Å². The van der Waals surface area contributed by atoms with E-state index in [4.69, 9.17) is 10.5 Å². The second-order valence-corrected chi connectivity index (χ2v) is 4.26. The maximum Gasteiger partial charge on any atom is 0.118 e. The monoisotopic (exact) mass is 245 g/mol. The highest BCUT2D eigenvalue weighted by atomic mass is 16.5. The van der Waals surface area contributed by atoms with Crippen molar-refractivity contribution >= 4 is 0 Å². The Morgan fingerprint density at radius 1 is 1.28 bits per heavy atom. The molecule has 0 amide bonds. The van der Waals surface area contributed by atoms with Gasteiger partial charge in [0.15, 0.2) is 0 Å². The smallest absolute Gasteiger partial charge is 0.118 e. The molecule has 1 heterocycles. The molecule has 0 radical (unpaired) electrons. The first-order valence-corrected chi connectivity index (χ1v) is 6.11. The molecule has 0 fully saturated rings. The summed E-state index contributed by atoms with van der Waals surface area (Å²) in [5.41, 5.74) is 9.12. The van der Waals surface area contributed by atoms with Gasteiger partial charge < -0.3 is 10.5 Å². The maximum absolute atomic E-state index is 5.57. The van der Waals surface area contributed by atoms with E-state index in [0.29, 0.717) is 6.54 Å². The number of nitrogens with two attached hydrogens (primary N) is 1. The van der Waals surface area contributed by atoms with Gasteiger partial charge in [-0.15, -0.1) is 0 Å². The molecule has 2 N–H and O–H groups in total. The largest absolute Gasteiger partial charge is 0.497 e. The predicted octanol–water partition coefficient (Wildman–Crippen LogP) is 1.99. The van der Waals surface area contributed by atoms with Gasteiger partial charge in [0.2, 0.25) is 0 Å². The molecule has 1 aromatic carbocycles. The van der Waals surface area contributed by atoms with Crippen LogP contribution in [-0.4, -0.2) is 23.4 Å². The molecule has 2 rings (SSSR count). The molecule has 2 aromatic rings. The molecule has 4 heteroatoms. The standard InChI is InChI=1S/C14H19N3O/c1-17-14(12(10-16-17)4-3-9-15)11-5-7-13(18-2)8-6-11/h5-8,10H,3-4,9,15H2,1-2H3. The molecule has 0 unspecified atom stereocenters. The number of aryl methyl sites for hydroxylation is 2. The third kappa shape index (κ3) is 2.54. The van der Waals surface area contributed by atoms with Crippen LogP contribution in [-0.2, 0) is 13.5 Å². The van der Waals surface area contributed by atoms with E-state index in [1.165, 1.54) is 5.56 Å². The number of aromatic nitrogens is 2. The van der Waals surface area contributed by atoms with Gasteiger partial charge in [0.25, 0.3) is 0 Å². The van der Waals surface area contributed by atoms with Gasteiger partial charge in [0.1, 0.15) is 5.75 Å². The fourth-order valence-corrected chi connectivity index (χ4v) is 2.08. The average molecular weight is 245 g/mol. The van der Waals surface area contributed by atoms with Crippen LogP contribution < -0.4 is 10.5 Å². The van der Waals surface area contributed by atoms with Crippen molar-refractivity contribution < 1.29 is 4.74 Å². The third-order valence-corrected chi connectivity index (χ3v) is 3.03. The van der Waals surface area contributed by atoms with Crippen LogP contribution in [0.4, 0.5) is 0 Å². The molecule has 0 spiro atoms. The summed E-state index contributed by atoms with van der Waals surface area (Å²) in [6.07, 6.45) is 3.87. The number of nitrogens with zero attached hydrogens (tertiary/aromatic N) is 2. The minimum atomic E-state index is 0.705. The number of hydrogen-bond acceptors (Lipinski definition) is 3. The zero-order chi connectivity index (χ0) is 13.0. The second-order valence-electron chi connectivity index (χ2n) is 4.26. The number of hydrogen-bond donors (Lipinski definition) is 1. The van der Waals surface area contributed by atoms with Crippen LogP contribution in [0.5, 0.6) is 5.75 Å². The molecule has 18 heavy (non-hydrogen) atoms. The van der Waals surface area contributed by atoms with E-state index in [2.05, 4.69) is 17.2 Å². The Labute approximate surface area is 107 Å². The predicted molar refractivity (Wildman–Crippen MR) is 72.6 cm³/mol. The molecule has 96 valence electrons. The number of methoxy groups -OCH3 is 1. The fourth-order valence-electron chi connectivity index (χ4n) is 2.08. The lowest BCUT2D eigenvalue weighted by molar-refractivity contribution is 0.415. The summed E-state index contributed by atoms with van der Waals surface area (Å²) in [6.45, 7) is 0.705. The zero-order valence-corrected chi connectivity index (χ0v) is 10.9. The van der Waals surface area contributed by atoms with Gasteiger partial charge in [-0.1, -0.05) is 0 Å². The first kappa shape index (κ1) is 12.6. The Morgan fingerprint density at radius 2 is 2.00 bits per heavy atom. The van der Waals surface area contributed by atoms with Crippen LogP contribution in [0.3, 0.4) is 0 Å². The first-order chi connectivity index (χ1) is 8.76. The lowest BCUT2D eigenvalue weighted by Gasteiger charge is -2.07. The molecule has 0 bridgehead atoms. The van der Waals surface area contributed by atoms with Crippen molar-refractivity contribution in [1.29, 1.82) is 0 Å². The normalized spacial score (nSPS) is 10.6. The van der Waals surface area contributed by atoms with Crippen LogP contribution in [0.1, 0.15) is 12.0 Å². The Hall–Kier alpha value is -1.81. The highest BCUT2D eigenvalue weighted by Gasteiger charge is 2.10. The number of rotatable bonds is 5. The van der Waals surface area contributed by atoms with Crippen molar-refractivity contribution in [2.45, 2.75) is 12.8 Å². The van der Waals surface area contributed by atoms with Gasteiger partial charge in [0.05, 0.1) is 19.0 Å². The molecule has 0 saturated heterocycles. The highest BCUT2D eigenvalue weighted by molar-refractivity contribution is 5.64. The SMILES string of the molecule is COc1ccc(-c2c(CCCN)cnn2C)cc1. The molecule has 0 saturated carbocycles. The van der Waals surface area contributed by atoms with Crippen molar-refractivity contribution in [3.05, 3.63) is 36.0 Å². The van der Waals surface area contributed by atoms with Gasteiger partial charge >= 0.3 is 0 Å². The maximum atomic E-state index is 5.57. The van der Waals surface area contributed by atoms with Crippen molar-refractivity contribution in [3.8, 4) is 17.0 Å². The van der Waals surface area contributed by atoms with Gasteiger partial charge in [-0.05, 0) is 49.2 Å². The lowest BCUT2D eigenvalue weighted by atomic mass is 10.0. The van der Waals surface area contributed by atoms with Crippen molar-refractivity contribution in [2.75, 3.05) is 13.7 Å². The lowest BCUT2D eigenvalue weighted by Crippen LogP contribution is -2.01. The highest BCUT2D eigenvalue weighted by Crippen LogP contribution is 2.25. The van der Waals surface area contributed by atoms with E-state index >= 15 is 0 Å². The summed E-state index contributed by atoms with van der Waals surface area (Å²) in [7, 11) is 3.64. The molecular weight excluding hydrogens is 226 g/mol. The van der Waals surface area contributed by atoms with Gasteiger partial charge in [-0.25, -0.2) is 0 Å². The van der Waals surface area contributed by atoms with E-state index in [9.17, 15) is 0 Å². The Morgan fingerprint density at radius 3 is 2.61 bits per heavy atom. The molecule has 0 aliphatic rings. The van der Waals surface area contributed by atoms with E-state index < -0.39 is 0 Å². The summed E-state index contributed by atoms with van der Waals surface area (Å²) < 4.78 is 7.08. The minimum Gasteiger partial charge on any atom is -0.497 e. The summed E-state index contributed by atoms with van der Waals surface area (Å²) in [5, 5.41) is 4.33. The molecular formula is C14H19N3O. The molecule has 0 atom stereocenters. The van der Waals surface area contributed by atoms with E-state index in [-0.39, 0.29) is 0 Å². The minimum absolute atomic E-state index is 0.705. The zero-order valence-electron chi connectivity index (χ0n) is 10.9. The topological polar surface area (TPSA) is 53.1 Å². The van der Waals surface area contributed by atoms with Gasteiger partial charge in [-0.3, -0.25) is 4.68 Å². The Balaban J connectivity index is 2.32. The number of ether oxygens (including phenoxy) is 1. The molecule has 1 aromatic heterocycles. The molecule has 0 aliphatic carbocycles. The van der Waals surface area contributed by atoms with Crippen molar-refractivity contribution in [2.24, 2.45) is 12.8 Å². The van der Waals surface area contributed by atoms with Gasteiger partial charge in [-0.2, -0.15) is 5.10 Å². The van der Waals surface area contributed by atoms with E-state index in [1.54, 1.807) is 7.11 Å². The summed E-state index contributed by atoms with van der Waals surface area (Å²) in [4.78, 5) is 0. The van der Waals surface area contributed by atoms with Crippen LogP contribution in [0.2, 0.25) is 0 Å². The second kappa shape index (κ2) is 5.69. The summed E-state index contributed by atoms with van der Waals surface area (Å²) in [6, 6.07) is 8.05. The van der Waals surface area contributed by atoms with Crippen LogP contribution >= 0.6 is 0 Å². The van der Waals surface area contributed by atoms with E-state index in [0.717, 1.165) is 29.8 Å². The average Bonchev–Trinajstić information content (AvgIpc) is 2.77. The fraction of sp³-hybridized carbons (Fsp3) is 0.357. The van der Waals surface area contributed by atoms with E-state index in [1.807, 2.05) is 30.1 Å². The molecule has 0 aliphatic heterocycles. The summed E-state index contributed by atoms with van der Waals surface area (Å²) in [5.74, 6) is 0.865. The summed E-state index contributed by atoms with van der Waals surface area (Å²) >= 11 is 0. The Kier molecular flexibility index (Phi) is 3.99. The van der Waals surface area contributed by atoms with Gasteiger partial charge in [0, 0.05) is 12.6 Å².